The van der Waals surface area contributed by atoms with Gasteiger partial charge in [0, 0.05) is 11.6 Å². The molecular formula is C17H27NO2. The summed E-state index contributed by atoms with van der Waals surface area (Å²) in [4.78, 5) is 0. The van der Waals surface area contributed by atoms with Crippen molar-refractivity contribution >= 4 is 0 Å². The average Bonchev–Trinajstić information content (AvgIpc) is 3.31. The number of methoxy groups -OCH3 is 2. The van der Waals surface area contributed by atoms with Gasteiger partial charge in [0.1, 0.15) is 11.5 Å². The average molecular weight is 277 g/mol. The fraction of sp³-hybridized carbons (Fsp3) is 0.647. The van der Waals surface area contributed by atoms with Gasteiger partial charge in [-0.2, -0.15) is 0 Å². The van der Waals surface area contributed by atoms with E-state index in [1.807, 2.05) is 12.1 Å². The molecule has 1 aromatic rings. The lowest BCUT2D eigenvalue weighted by molar-refractivity contribution is 0.329. The second-order valence-electron chi connectivity index (χ2n) is 5.74. The summed E-state index contributed by atoms with van der Waals surface area (Å²) in [5, 5.41) is 3.70. The highest BCUT2D eigenvalue weighted by Gasteiger charge is 2.35. The summed E-state index contributed by atoms with van der Waals surface area (Å²) in [6.07, 6.45) is 3.86. The Morgan fingerprint density at radius 2 is 2.00 bits per heavy atom. The van der Waals surface area contributed by atoms with Gasteiger partial charge in [0.15, 0.2) is 0 Å². The van der Waals surface area contributed by atoms with Crippen LogP contribution in [0.25, 0.3) is 0 Å². The molecule has 0 saturated heterocycles. The summed E-state index contributed by atoms with van der Waals surface area (Å²) >= 11 is 0. The van der Waals surface area contributed by atoms with E-state index in [4.69, 9.17) is 9.47 Å². The molecule has 0 aliphatic heterocycles. The molecule has 3 nitrogen and oxygen atoms in total. The van der Waals surface area contributed by atoms with Crippen LogP contribution in [0, 0.1) is 11.8 Å². The van der Waals surface area contributed by atoms with Crippen molar-refractivity contribution in [2.45, 2.75) is 39.2 Å². The molecule has 2 atom stereocenters. The van der Waals surface area contributed by atoms with Crippen LogP contribution in [0.4, 0.5) is 0 Å². The van der Waals surface area contributed by atoms with Crippen LogP contribution in [-0.4, -0.2) is 20.8 Å². The first-order valence-electron chi connectivity index (χ1n) is 7.66. The van der Waals surface area contributed by atoms with Gasteiger partial charge in [-0.3, -0.25) is 0 Å². The van der Waals surface area contributed by atoms with Crippen LogP contribution < -0.4 is 14.8 Å². The van der Waals surface area contributed by atoms with Crippen molar-refractivity contribution in [1.29, 1.82) is 0 Å². The molecule has 1 aliphatic rings. The minimum Gasteiger partial charge on any atom is -0.497 e. The van der Waals surface area contributed by atoms with Gasteiger partial charge in [0.05, 0.1) is 14.2 Å². The van der Waals surface area contributed by atoms with E-state index in [0.29, 0.717) is 12.0 Å². The monoisotopic (exact) mass is 277 g/mol. The molecule has 1 N–H and O–H groups in total. The summed E-state index contributed by atoms with van der Waals surface area (Å²) in [5.41, 5.74) is 1.22. The molecule has 2 unspecified atom stereocenters. The van der Waals surface area contributed by atoms with Gasteiger partial charge in [-0.25, -0.2) is 0 Å². The molecule has 1 aliphatic carbocycles. The quantitative estimate of drug-likeness (QED) is 0.784. The lowest BCUT2D eigenvalue weighted by Gasteiger charge is -2.27. The van der Waals surface area contributed by atoms with Crippen molar-refractivity contribution in [3.05, 3.63) is 23.8 Å². The second-order valence-corrected chi connectivity index (χ2v) is 5.74. The first kappa shape index (κ1) is 15.2. The topological polar surface area (TPSA) is 30.5 Å². The largest absolute Gasteiger partial charge is 0.497 e. The van der Waals surface area contributed by atoms with Gasteiger partial charge in [-0.05, 0) is 55.8 Å². The fourth-order valence-corrected chi connectivity index (χ4v) is 2.86. The summed E-state index contributed by atoms with van der Waals surface area (Å²) in [5.74, 6) is 3.32. The minimum absolute atomic E-state index is 0.340. The Bertz CT molecular complexity index is 429. The highest BCUT2D eigenvalue weighted by Crippen LogP contribution is 2.44. The van der Waals surface area contributed by atoms with Crippen molar-refractivity contribution < 1.29 is 9.47 Å². The van der Waals surface area contributed by atoms with E-state index in [1.54, 1.807) is 14.2 Å². The summed E-state index contributed by atoms with van der Waals surface area (Å²) in [7, 11) is 3.45. The Hall–Kier alpha value is -1.22. The van der Waals surface area contributed by atoms with E-state index >= 15 is 0 Å². The molecule has 0 radical (unpaired) electrons. The molecule has 0 heterocycles. The number of benzene rings is 1. The van der Waals surface area contributed by atoms with Crippen LogP contribution >= 0.6 is 0 Å². The van der Waals surface area contributed by atoms with Gasteiger partial charge >= 0.3 is 0 Å². The normalized spacial score (nSPS) is 17.6. The first-order chi connectivity index (χ1) is 9.71. The zero-order valence-electron chi connectivity index (χ0n) is 13.1. The molecule has 0 amide bonds. The maximum absolute atomic E-state index is 5.56. The predicted octanol–water partition coefficient (Wildman–Crippen LogP) is 3.79. The molecule has 0 spiro atoms. The summed E-state index contributed by atoms with van der Waals surface area (Å²) in [6.45, 7) is 5.58. The van der Waals surface area contributed by atoms with E-state index in [0.717, 1.165) is 30.4 Å². The zero-order valence-corrected chi connectivity index (χ0v) is 13.1. The summed E-state index contributed by atoms with van der Waals surface area (Å²) in [6, 6.07) is 6.42. The summed E-state index contributed by atoms with van der Waals surface area (Å²) < 4.78 is 10.9. The number of nitrogens with one attached hydrogen (secondary N) is 1. The van der Waals surface area contributed by atoms with Crippen LogP contribution in [0.15, 0.2) is 18.2 Å². The lowest BCUT2D eigenvalue weighted by atomic mass is 9.89. The number of rotatable bonds is 8. The van der Waals surface area contributed by atoms with Crippen LogP contribution in [0.3, 0.4) is 0 Å². The maximum Gasteiger partial charge on any atom is 0.123 e. The zero-order chi connectivity index (χ0) is 14.5. The van der Waals surface area contributed by atoms with Gasteiger partial charge < -0.3 is 14.8 Å². The Morgan fingerprint density at radius 1 is 1.25 bits per heavy atom. The molecule has 1 saturated carbocycles. The lowest BCUT2D eigenvalue weighted by Crippen LogP contribution is -2.29. The van der Waals surface area contributed by atoms with E-state index in [1.165, 1.54) is 18.4 Å². The highest BCUT2D eigenvalue weighted by atomic mass is 16.5. The SMILES string of the molecule is CCCNC(c1cc(OC)ccc1OC)C(C)C1CC1. The predicted molar refractivity (Wildman–Crippen MR) is 82.5 cm³/mol. The molecule has 2 rings (SSSR count). The van der Waals surface area contributed by atoms with Crippen LogP contribution in [0.5, 0.6) is 11.5 Å². The van der Waals surface area contributed by atoms with Crippen molar-refractivity contribution in [3.63, 3.8) is 0 Å². The minimum atomic E-state index is 0.340. The molecule has 112 valence electrons. The highest BCUT2D eigenvalue weighted by molar-refractivity contribution is 5.42. The third kappa shape index (κ3) is 3.45. The van der Waals surface area contributed by atoms with Crippen molar-refractivity contribution in [2.24, 2.45) is 11.8 Å². The Labute approximate surface area is 122 Å². The number of hydrogen-bond acceptors (Lipinski definition) is 3. The second kappa shape index (κ2) is 6.98. The van der Waals surface area contributed by atoms with Crippen LogP contribution in [0.1, 0.15) is 44.7 Å². The fourth-order valence-electron chi connectivity index (χ4n) is 2.86. The van der Waals surface area contributed by atoms with Crippen LogP contribution in [0.2, 0.25) is 0 Å². The van der Waals surface area contributed by atoms with Crippen molar-refractivity contribution in [2.75, 3.05) is 20.8 Å². The van der Waals surface area contributed by atoms with E-state index in [2.05, 4.69) is 25.2 Å². The third-order valence-electron chi connectivity index (χ3n) is 4.28. The number of hydrogen-bond donors (Lipinski definition) is 1. The van der Waals surface area contributed by atoms with Gasteiger partial charge in [0.2, 0.25) is 0 Å². The Morgan fingerprint density at radius 3 is 2.55 bits per heavy atom. The van der Waals surface area contributed by atoms with Gasteiger partial charge in [-0.15, -0.1) is 0 Å². The molecule has 1 fully saturated rings. The standard InChI is InChI=1S/C17H27NO2/c1-5-10-18-17(12(2)13-6-7-13)15-11-14(19-3)8-9-16(15)20-4/h8-9,11-13,17-18H,5-7,10H2,1-4H3. The molecule has 1 aromatic carbocycles. The van der Waals surface area contributed by atoms with E-state index in [9.17, 15) is 0 Å². The van der Waals surface area contributed by atoms with Gasteiger partial charge in [-0.1, -0.05) is 13.8 Å². The molecule has 3 heteroatoms. The van der Waals surface area contributed by atoms with Crippen molar-refractivity contribution in [3.8, 4) is 11.5 Å². The van der Waals surface area contributed by atoms with Gasteiger partial charge in [0.25, 0.3) is 0 Å². The van der Waals surface area contributed by atoms with E-state index < -0.39 is 0 Å². The Kier molecular flexibility index (Phi) is 5.30. The molecule has 0 aromatic heterocycles. The molecule has 0 bridgehead atoms. The smallest absolute Gasteiger partial charge is 0.123 e. The third-order valence-corrected chi connectivity index (χ3v) is 4.28. The molecular weight excluding hydrogens is 250 g/mol. The number of ether oxygens (including phenoxy) is 2. The maximum atomic E-state index is 5.56. The van der Waals surface area contributed by atoms with Crippen LogP contribution in [-0.2, 0) is 0 Å². The first-order valence-corrected chi connectivity index (χ1v) is 7.66. The van der Waals surface area contributed by atoms with Crippen molar-refractivity contribution in [1.82, 2.24) is 5.32 Å². The van der Waals surface area contributed by atoms with E-state index in [-0.39, 0.29) is 0 Å². The molecule has 20 heavy (non-hydrogen) atoms. The Balaban J connectivity index is 2.29.